The van der Waals surface area contributed by atoms with E-state index in [4.69, 9.17) is 19.9 Å². The first-order chi connectivity index (χ1) is 11.0. The molecule has 0 aromatic carbocycles. The summed E-state index contributed by atoms with van der Waals surface area (Å²) in [6.07, 6.45) is -0.702. The molecule has 9 nitrogen and oxygen atoms in total. The van der Waals surface area contributed by atoms with Crippen LogP contribution in [0.25, 0.3) is 0 Å². The van der Waals surface area contributed by atoms with Crippen molar-refractivity contribution >= 4 is 17.9 Å². The summed E-state index contributed by atoms with van der Waals surface area (Å²) in [5.41, 5.74) is 2.43. The number of carbonyl (C=O) groups is 3. The average molecular weight is 357 g/mol. The second-order valence-corrected chi connectivity index (χ2v) is 6.16. The van der Waals surface area contributed by atoms with Crippen molar-refractivity contribution in [3.05, 3.63) is 0 Å². The van der Waals surface area contributed by atoms with Gasteiger partial charge in [0.25, 0.3) is 5.60 Å². The van der Waals surface area contributed by atoms with Crippen LogP contribution in [0, 0.1) is 0 Å². The van der Waals surface area contributed by atoms with Gasteiger partial charge in [-0.3, -0.25) is 4.79 Å². The number of ether oxygens (including phenoxy) is 3. The predicted molar refractivity (Wildman–Crippen MR) is 84.6 cm³/mol. The van der Waals surface area contributed by atoms with Crippen molar-refractivity contribution in [1.82, 2.24) is 0 Å². The number of carboxylic acid groups (broad SMARTS) is 2. The first kappa shape index (κ1) is 26.1. The fraction of sp³-hybridized carbons (Fsp3) is 0.800. The Labute approximate surface area is 160 Å². The van der Waals surface area contributed by atoms with E-state index in [1.807, 2.05) is 0 Å². The number of nitrogens with two attached hydrogens (primary N) is 1. The first-order valence-corrected chi connectivity index (χ1v) is 7.63. The van der Waals surface area contributed by atoms with Crippen LogP contribution in [0.4, 0.5) is 0 Å². The molecule has 0 spiro atoms. The topological polar surface area (TPSA) is 145 Å². The van der Waals surface area contributed by atoms with Gasteiger partial charge in [0, 0.05) is 13.0 Å². The third-order valence-electron chi connectivity index (χ3n) is 2.99. The second kappa shape index (κ2) is 11.5. The van der Waals surface area contributed by atoms with Crippen molar-refractivity contribution in [2.45, 2.75) is 57.8 Å². The smallest absolute Gasteiger partial charge is 1.00 e. The number of hydrogen-bond donors (Lipinski definition) is 3. The van der Waals surface area contributed by atoms with Crippen molar-refractivity contribution < 1.29 is 59.1 Å². The van der Waals surface area contributed by atoms with Crippen molar-refractivity contribution in [2.75, 3.05) is 19.8 Å². The Morgan fingerprint density at radius 2 is 1.64 bits per heavy atom. The van der Waals surface area contributed by atoms with Gasteiger partial charge in [0.05, 0.1) is 13.2 Å². The van der Waals surface area contributed by atoms with E-state index in [0.717, 1.165) is 0 Å². The third-order valence-corrected chi connectivity index (χ3v) is 2.99. The molecular weight excluding hydrogens is 329 g/mol. The van der Waals surface area contributed by atoms with Gasteiger partial charge in [-0.2, -0.15) is 0 Å². The van der Waals surface area contributed by atoms with Crippen LogP contribution in [0.3, 0.4) is 0 Å². The molecule has 4 N–H and O–H groups in total. The number of rotatable bonds is 11. The van der Waals surface area contributed by atoms with Gasteiger partial charge in [-0.1, -0.05) is 0 Å². The van der Waals surface area contributed by atoms with E-state index < -0.39 is 41.6 Å². The van der Waals surface area contributed by atoms with Gasteiger partial charge < -0.3 is 31.6 Å². The molecule has 0 heterocycles. The minimum Gasteiger partial charge on any atom is -1.00 e. The van der Waals surface area contributed by atoms with Crippen molar-refractivity contribution in [3.8, 4) is 0 Å². The molecule has 0 bridgehead atoms. The van der Waals surface area contributed by atoms with Gasteiger partial charge in [0.15, 0.2) is 0 Å². The van der Waals surface area contributed by atoms with E-state index in [9.17, 15) is 24.6 Å². The van der Waals surface area contributed by atoms with E-state index in [0.29, 0.717) is 6.61 Å². The standard InChI is InChI=1S/C15H27NO8.Li.H/c1-5-22-8-9-23-15(12(18)19,13(20)21)7-6-10(16)11(17)24-14(2,3)4;;/h10H,5-9,16H2,1-4H3,(H,18,19)(H,20,21);;/q;+1;-1. The van der Waals surface area contributed by atoms with E-state index in [2.05, 4.69) is 0 Å². The zero-order chi connectivity index (χ0) is 19.0. The molecule has 0 aliphatic heterocycles. The Hall–Kier alpha value is -1.11. The molecular formula is C15H28LiNO8. The summed E-state index contributed by atoms with van der Waals surface area (Å²) in [6.45, 7) is 6.94. The molecule has 25 heavy (non-hydrogen) atoms. The number of carboxylic acids is 2. The maximum Gasteiger partial charge on any atom is 1.00 e. The van der Waals surface area contributed by atoms with Crippen LogP contribution >= 0.6 is 0 Å². The molecule has 0 saturated carbocycles. The molecule has 0 saturated heterocycles. The van der Waals surface area contributed by atoms with Gasteiger partial charge in [0.1, 0.15) is 11.6 Å². The first-order valence-electron chi connectivity index (χ1n) is 7.63. The number of esters is 1. The molecule has 0 aromatic heterocycles. The van der Waals surface area contributed by atoms with Gasteiger partial charge in [-0.25, -0.2) is 9.59 Å². The summed E-state index contributed by atoms with van der Waals surface area (Å²) in [4.78, 5) is 34.7. The van der Waals surface area contributed by atoms with E-state index in [1.165, 1.54) is 0 Å². The van der Waals surface area contributed by atoms with E-state index in [1.54, 1.807) is 27.7 Å². The van der Waals surface area contributed by atoms with Gasteiger partial charge in [0.2, 0.25) is 0 Å². The summed E-state index contributed by atoms with van der Waals surface area (Å²) in [5, 5.41) is 18.6. The fourth-order valence-corrected chi connectivity index (χ4v) is 1.77. The Kier molecular flexibility index (Phi) is 12.0. The second-order valence-electron chi connectivity index (χ2n) is 6.16. The average Bonchev–Trinajstić information content (AvgIpc) is 2.43. The van der Waals surface area contributed by atoms with Crippen LogP contribution in [0.5, 0.6) is 0 Å². The van der Waals surface area contributed by atoms with Gasteiger partial charge in [-0.05, 0) is 34.1 Å². The van der Waals surface area contributed by atoms with Crippen LogP contribution < -0.4 is 24.6 Å². The number of aliphatic carboxylic acids is 2. The minimum absolute atomic E-state index is 0. The van der Waals surface area contributed by atoms with E-state index in [-0.39, 0.29) is 39.9 Å². The Morgan fingerprint density at radius 3 is 2.04 bits per heavy atom. The maximum atomic E-state index is 11.8. The normalized spacial score (nSPS) is 12.8. The van der Waals surface area contributed by atoms with Crippen LogP contribution in [-0.2, 0) is 28.6 Å². The van der Waals surface area contributed by atoms with Crippen LogP contribution in [0.2, 0.25) is 0 Å². The minimum atomic E-state index is -2.49. The molecule has 0 aliphatic carbocycles. The molecule has 0 aliphatic rings. The molecule has 10 heteroatoms. The third kappa shape index (κ3) is 9.23. The summed E-state index contributed by atoms with van der Waals surface area (Å²) in [6, 6.07) is -1.15. The van der Waals surface area contributed by atoms with Crippen LogP contribution in [0.15, 0.2) is 0 Å². The van der Waals surface area contributed by atoms with Crippen molar-refractivity contribution in [2.24, 2.45) is 5.73 Å². The molecule has 1 unspecified atom stereocenters. The Balaban J connectivity index is -0.00000264. The summed E-state index contributed by atoms with van der Waals surface area (Å²) < 4.78 is 15.1. The van der Waals surface area contributed by atoms with E-state index >= 15 is 0 Å². The Morgan fingerprint density at radius 1 is 1.12 bits per heavy atom. The molecule has 142 valence electrons. The monoisotopic (exact) mass is 357 g/mol. The number of carbonyl (C=O) groups excluding carboxylic acids is 1. The molecule has 1 atom stereocenters. The molecule has 0 amide bonds. The number of hydrogen-bond acceptors (Lipinski definition) is 7. The summed E-state index contributed by atoms with van der Waals surface area (Å²) in [7, 11) is 0. The van der Waals surface area contributed by atoms with Crippen molar-refractivity contribution in [1.29, 1.82) is 0 Å². The van der Waals surface area contributed by atoms with Crippen molar-refractivity contribution in [3.63, 3.8) is 0 Å². The Bertz CT molecular complexity index is 441. The largest absolute Gasteiger partial charge is 1.00 e. The molecule has 0 radical (unpaired) electrons. The zero-order valence-corrected chi connectivity index (χ0v) is 15.5. The quantitative estimate of drug-likeness (QED) is 0.158. The zero-order valence-electron chi connectivity index (χ0n) is 16.5. The SMILES string of the molecule is CCOCCOC(CCC(N)C(=O)OC(C)(C)C)(C(=O)O)C(=O)O.[H-].[Li+]. The summed E-state index contributed by atoms with van der Waals surface area (Å²) >= 11 is 0. The summed E-state index contributed by atoms with van der Waals surface area (Å²) in [5.74, 6) is -4.06. The maximum absolute atomic E-state index is 11.8. The molecule has 0 aromatic rings. The predicted octanol–water partition coefficient (Wildman–Crippen LogP) is -2.49. The molecule has 0 rings (SSSR count). The fourth-order valence-electron chi connectivity index (χ4n) is 1.77. The molecule has 0 fully saturated rings. The van der Waals surface area contributed by atoms with Gasteiger partial charge in [-0.15, -0.1) is 0 Å². The van der Waals surface area contributed by atoms with Crippen LogP contribution in [-0.4, -0.2) is 65.2 Å². The van der Waals surface area contributed by atoms with Crippen LogP contribution in [0.1, 0.15) is 42.0 Å². The van der Waals surface area contributed by atoms with Gasteiger partial charge >= 0.3 is 36.8 Å².